The number of nitrogens with zero attached hydrogens (tertiary/aromatic N) is 3. The normalized spacial score (nSPS) is 11.1. The van der Waals surface area contributed by atoms with E-state index >= 15 is 0 Å². The van der Waals surface area contributed by atoms with Gasteiger partial charge in [-0.25, -0.2) is 0 Å². The fraction of sp³-hybridized carbons (Fsp3) is 0.615. The summed E-state index contributed by atoms with van der Waals surface area (Å²) in [6, 6.07) is 2.09. The molecule has 0 saturated carbocycles. The van der Waals surface area contributed by atoms with Crippen LogP contribution >= 0.6 is 0 Å². The Bertz CT molecular complexity index is 459. The molecule has 0 unspecified atom stereocenters. The summed E-state index contributed by atoms with van der Waals surface area (Å²) in [4.78, 5) is 0. The molecule has 1 heterocycles. The van der Waals surface area contributed by atoms with Gasteiger partial charge in [-0.1, -0.05) is 0 Å². The molecule has 0 bridgehead atoms. The summed E-state index contributed by atoms with van der Waals surface area (Å²) in [5.74, 6) is 0.276. The van der Waals surface area contributed by atoms with Crippen LogP contribution in [0.5, 0.6) is 5.88 Å². The van der Waals surface area contributed by atoms with Gasteiger partial charge in [0.05, 0.1) is 17.9 Å². The Balaban J connectivity index is 2.64. The minimum atomic E-state index is -0.198. The molecule has 0 amide bonds. The third-order valence-corrected chi connectivity index (χ3v) is 2.39. The van der Waals surface area contributed by atoms with Gasteiger partial charge in [0.2, 0.25) is 0 Å². The molecule has 5 nitrogen and oxygen atoms in total. The van der Waals surface area contributed by atoms with Gasteiger partial charge in [0.1, 0.15) is 18.2 Å². The predicted molar refractivity (Wildman–Crippen MR) is 67.4 cm³/mol. The topological polar surface area (TPSA) is 68.0 Å². The molecule has 5 heteroatoms. The molecule has 0 aliphatic heterocycles. The largest absolute Gasteiger partial charge is 0.473 e. The van der Waals surface area contributed by atoms with E-state index in [9.17, 15) is 0 Å². The van der Waals surface area contributed by atoms with Crippen molar-refractivity contribution in [2.45, 2.75) is 40.2 Å². The first kappa shape index (κ1) is 14.4. The molecule has 0 aliphatic carbocycles. The zero-order chi connectivity index (χ0) is 13.8. The van der Waals surface area contributed by atoms with Crippen LogP contribution in [0.4, 0.5) is 0 Å². The zero-order valence-corrected chi connectivity index (χ0v) is 11.6. The molecule has 1 aromatic rings. The number of aromatic nitrogens is 2. The van der Waals surface area contributed by atoms with E-state index in [1.807, 2.05) is 34.6 Å². The molecule has 0 aliphatic rings. The van der Waals surface area contributed by atoms with Crippen molar-refractivity contribution in [2.24, 2.45) is 0 Å². The van der Waals surface area contributed by atoms with E-state index < -0.39 is 0 Å². The molecule has 1 aromatic heterocycles. The van der Waals surface area contributed by atoms with Gasteiger partial charge in [-0.05, 0) is 40.2 Å². The number of nitriles is 1. The Morgan fingerprint density at radius 1 is 1.17 bits per heavy atom. The average Bonchev–Trinajstić information content (AvgIpc) is 2.28. The molecular formula is C13H19N3O2. The smallest absolute Gasteiger partial charge is 0.251 e. The molecule has 0 N–H and O–H groups in total. The summed E-state index contributed by atoms with van der Waals surface area (Å²) < 4.78 is 11.0. The summed E-state index contributed by atoms with van der Waals surface area (Å²) in [6.07, 6.45) is 0. The van der Waals surface area contributed by atoms with Crippen molar-refractivity contribution in [1.29, 1.82) is 5.26 Å². The van der Waals surface area contributed by atoms with Crippen LogP contribution in [0.2, 0.25) is 0 Å². The van der Waals surface area contributed by atoms with Crippen LogP contribution in [0.1, 0.15) is 37.6 Å². The van der Waals surface area contributed by atoms with Crippen LogP contribution in [-0.2, 0) is 4.74 Å². The second-order valence-corrected chi connectivity index (χ2v) is 5.01. The molecule has 98 valence electrons. The lowest BCUT2D eigenvalue weighted by Crippen LogP contribution is -2.22. The fourth-order valence-electron chi connectivity index (χ4n) is 1.31. The third-order valence-electron chi connectivity index (χ3n) is 2.39. The van der Waals surface area contributed by atoms with Gasteiger partial charge in [0, 0.05) is 0 Å². The maximum absolute atomic E-state index is 9.08. The highest BCUT2D eigenvalue weighted by molar-refractivity contribution is 5.44. The number of hydrogen-bond donors (Lipinski definition) is 0. The maximum Gasteiger partial charge on any atom is 0.251 e. The highest BCUT2D eigenvalue weighted by Gasteiger charge is 2.13. The van der Waals surface area contributed by atoms with Gasteiger partial charge in [-0.15, -0.1) is 5.10 Å². The van der Waals surface area contributed by atoms with E-state index in [0.29, 0.717) is 18.8 Å². The number of hydrogen-bond acceptors (Lipinski definition) is 5. The van der Waals surface area contributed by atoms with Crippen molar-refractivity contribution in [3.8, 4) is 11.9 Å². The summed E-state index contributed by atoms with van der Waals surface area (Å²) in [7, 11) is 0. The summed E-state index contributed by atoms with van der Waals surface area (Å²) >= 11 is 0. The zero-order valence-electron chi connectivity index (χ0n) is 11.6. The Morgan fingerprint density at radius 2 is 1.83 bits per heavy atom. The van der Waals surface area contributed by atoms with Crippen molar-refractivity contribution in [2.75, 3.05) is 13.2 Å². The summed E-state index contributed by atoms with van der Waals surface area (Å²) in [5.41, 5.74) is 1.79. The maximum atomic E-state index is 9.08. The second kappa shape index (κ2) is 5.78. The van der Waals surface area contributed by atoms with Gasteiger partial charge in [-0.3, -0.25) is 0 Å². The van der Waals surface area contributed by atoms with Crippen molar-refractivity contribution in [3.05, 3.63) is 16.8 Å². The molecule has 0 spiro atoms. The van der Waals surface area contributed by atoms with Crippen LogP contribution in [0, 0.1) is 25.2 Å². The monoisotopic (exact) mass is 249 g/mol. The van der Waals surface area contributed by atoms with E-state index in [-0.39, 0.29) is 11.5 Å². The van der Waals surface area contributed by atoms with Crippen molar-refractivity contribution < 1.29 is 9.47 Å². The standard InChI is InChI=1S/C13H19N3O2/c1-9-10(2)15-16-12(11(9)8-14)17-6-7-18-13(3,4)5/h6-7H2,1-5H3. The van der Waals surface area contributed by atoms with Crippen LogP contribution in [-0.4, -0.2) is 29.0 Å². The first-order chi connectivity index (χ1) is 8.35. The van der Waals surface area contributed by atoms with E-state index in [1.54, 1.807) is 0 Å². The molecule has 0 atom stereocenters. The van der Waals surface area contributed by atoms with E-state index in [1.165, 1.54) is 0 Å². The number of rotatable bonds is 4. The van der Waals surface area contributed by atoms with Gasteiger partial charge >= 0.3 is 0 Å². The van der Waals surface area contributed by atoms with Crippen LogP contribution in [0.3, 0.4) is 0 Å². The Hall–Kier alpha value is -1.67. The Kier molecular flexibility index (Phi) is 4.62. The lowest BCUT2D eigenvalue weighted by Gasteiger charge is -2.19. The SMILES string of the molecule is Cc1nnc(OCCOC(C)(C)C)c(C#N)c1C. The molecular weight excluding hydrogens is 230 g/mol. The van der Waals surface area contributed by atoms with Crippen LogP contribution in [0.25, 0.3) is 0 Å². The first-order valence-corrected chi connectivity index (χ1v) is 5.86. The fourth-order valence-corrected chi connectivity index (χ4v) is 1.31. The van der Waals surface area contributed by atoms with Gasteiger partial charge in [-0.2, -0.15) is 10.4 Å². The quantitative estimate of drug-likeness (QED) is 0.765. The molecule has 0 radical (unpaired) electrons. The highest BCUT2D eigenvalue weighted by Crippen LogP contribution is 2.19. The number of aryl methyl sites for hydroxylation is 1. The van der Waals surface area contributed by atoms with E-state index in [4.69, 9.17) is 14.7 Å². The first-order valence-electron chi connectivity index (χ1n) is 5.86. The van der Waals surface area contributed by atoms with Gasteiger partial charge in [0.15, 0.2) is 0 Å². The van der Waals surface area contributed by atoms with Crippen molar-refractivity contribution in [3.63, 3.8) is 0 Å². The van der Waals surface area contributed by atoms with Gasteiger partial charge < -0.3 is 9.47 Å². The molecule has 18 heavy (non-hydrogen) atoms. The average molecular weight is 249 g/mol. The van der Waals surface area contributed by atoms with E-state index in [0.717, 1.165) is 11.3 Å². The highest BCUT2D eigenvalue weighted by atomic mass is 16.5. The summed E-state index contributed by atoms with van der Waals surface area (Å²) in [5, 5.41) is 16.9. The second-order valence-electron chi connectivity index (χ2n) is 5.01. The lowest BCUT2D eigenvalue weighted by atomic mass is 10.1. The molecule has 1 rings (SSSR count). The van der Waals surface area contributed by atoms with Gasteiger partial charge in [0.25, 0.3) is 5.88 Å². The Labute approximate surface area is 108 Å². The lowest BCUT2D eigenvalue weighted by molar-refractivity contribution is -0.0169. The predicted octanol–water partition coefficient (Wildman–Crippen LogP) is 2.16. The Morgan fingerprint density at radius 3 is 2.39 bits per heavy atom. The molecule has 0 fully saturated rings. The van der Waals surface area contributed by atoms with Crippen molar-refractivity contribution >= 4 is 0 Å². The minimum absolute atomic E-state index is 0.198. The molecule has 0 aromatic carbocycles. The summed E-state index contributed by atoms with van der Waals surface area (Å²) in [6.45, 7) is 10.4. The van der Waals surface area contributed by atoms with Crippen LogP contribution < -0.4 is 4.74 Å². The third kappa shape index (κ3) is 3.97. The molecule has 0 saturated heterocycles. The van der Waals surface area contributed by atoms with Crippen molar-refractivity contribution in [1.82, 2.24) is 10.2 Å². The number of ether oxygens (including phenoxy) is 2. The van der Waals surface area contributed by atoms with E-state index in [2.05, 4.69) is 16.3 Å². The van der Waals surface area contributed by atoms with Crippen LogP contribution in [0.15, 0.2) is 0 Å². The minimum Gasteiger partial charge on any atom is -0.473 e.